The van der Waals surface area contributed by atoms with Crippen LogP contribution in [0.25, 0.3) is 0 Å². The number of amides is 2. The summed E-state index contributed by atoms with van der Waals surface area (Å²) in [6.45, 7) is 8.40. The third-order valence-corrected chi connectivity index (χ3v) is 6.07. The molecule has 0 fully saturated rings. The first kappa shape index (κ1) is 26.0. The molecule has 0 saturated heterocycles. The van der Waals surface area contributed by atoms with Crippen molar-refractivity contribution in [3.63, 3.8) is 0 Å². The van der Waals surface area contributed by atoms with Gasteiger partial charge in [-0.15, -0.1) is 0 Å². The van der Waals surface area contributed by atoms with E-state index in [2.05, 4.69) is 5.32 Å². The van der Waals surface area contributed by atoms with Crippen LogP contribution in [0.1, 0.15) is 51.2 Å². The molecule has 0 aliphatic rings. The number of rotatable bonds is 11. The highest BCUT2D eigenvalue weighted by Gasteiger charge is 2.26. The fraction of sp³-hybridized carbons (Fsp3) is 0.440. The van der Waals surface area contributed by atoms with Crippen LogP contribution < -0.4 is 10.1 Å². The highest BCUT2D eigenvalue weighted by atomic mass is 35.5. The fourth-order valence-electron chi connectivity index (χ4n) is 3.07. The van der Waals surface area contributed by atoms with Crippen molar-refractivity contribution in [1.82, 2.24) is 10.2 Å². The van der Waals surface area contributed by atoms with Crippen LogP contribution in [0.4, 0.5) is 0 Å². The van der Waals surface area contributed by atoms with Gasteiger partial charge in [0.15, 0.2) is 0 Å². The highest BCUT2D eigenvalue weighted by molar-refractivity contribution is 6.42. The molecule has 0 spiro atoms. The molecule has 0 aromatic heterocycles. The van der Waals surface area contributed by atoms with Crippen LogP contribution in [0.5, 0.6) is 5.75 Å². The summed E-state index contributed by atoms with van der Waals surface area (Å²) in [4.78, 5) is 27.4. The summed E-state index contributed by atoms with van der Waals surface area (Å²) in [6, 6.07) is 12.4. The summed E-state index contributed by atoms with van der Waals surface area (Å²) in [5.74, 6) is 0.482. The van der Waals surface area contributed by atoms with Crippen LogP contribution in [0.3, 0.4) is 0 Å². The molecule has 7 heteroatoms. The smallest absolute Gasteiger partial charge is 0.242 e. The predicted octanol–water partition coefficient (Wildman–Crippen LogP) is 5.79. The van der Waals surface area contributed by atoms with Crippen LogP contribution in [0, 0.1) is 6.92 Å². The van der Waals surface area contributed by atoms with Crippen molar-refractivity contribution >= 4 is 35.0 Å². The van der Waals surface area contributed by atoms with E-state index in [9.17, 15) is 9.59 Å². The van der Waals surface area contributed by atoms with Crippen molar-refractivity contribution in [3.8, 4) is 5.75 Å². The molecule has 1 N–H and O–H groups in total. The molecular weight excluding hydrogens is 447 g/mol. The van der Waals surface area contributed by atoms with E-state index in [-0.39, 0.29) is 30.8 Å². The number of hydrogen-bond donors (Lipinski definition) is 1. The van der Waals surface area contributed by atoms with Crippen molar-refractivity contribution in [3.05, 3.63) is 63.6 Å². The van der Waals surface area contributed by atoms with Gasteiger partial charge in [-0.05, 0) is 63.4 Å². The number of aryl methyl sites for hydroxylation is 1. The lowest BCUT2D eigenvalue weighted by Crippen LogP contribution is -2.49. The van der Waals surface area contributed by atoms with Gasteiger partial charge in [0, 0.05) is 19.0 Å². The number of halogens is 2. The van der Waals surface area contributed by atoms with Gasteiger partial charge in [0.1, 0.15) is 11.8 Å². The Kier molecular flexibility index (Phi) is 10.3. The Morgan fingerprint density at radius 3 is 2.38 bits per heavy atom. The molecule has 2 aromatic carbocycles. The van der Waals surface area contributed by atoms with Gasteiger partial charge in [-0.25, -0.2) is 0 Å². The van der Waals surface area contributed by atoms with Gasteiger partial charge in [0.2, 0.25) is 11.8 Å². The van der Waals surface area contributed by atoms with Gasteiger partial charge >= 0.3 is 0 Å². The lowest BCUT2D eigenvalue weighted by atomic mass is 10.1. The number of carbonyl (C=O) groups excluding carboxylic acids is 2. The van der Waals surface area contributed by atoms with Crippen LogP contribution in [-0.4, -0.2) is 35.4 Å². The Bertz CT molecular complexity index is 903. The normalized spacial score (nSPS) is 12.7. The summed E-state index contributed by atoms with van der Waals surface area (Å²) in [5, 5.41) is 3.82. The zero-order valence-corrected chi connectivity index (χ0v) is 20.7. The maximum Gasteiger partial charge on any atom is 0.242 e. The van der Waals surface area contributed by atoms with E-state index >= 15 is 0 Å². The lowest BCUT2D eigenvalue weighted by molar-refractivity contribution is -0.141. The predicted molar refractivity (Wildman–Crippen MR) is 130 cm³/mol. The summed E-state index contributed by atoms with van der Waals surface area (Å²) in [6.07, 6.45) is 1.63. The molecule has 2 unspecified atom stereocenters. The quantitative estimate of drug-likeness (QED) is 0.415. The summed E-state index contributed by atoms with van der Waals surface area (Å²) < 4.78 is 5.73. The molecule has 0 heterocycles. The maximum atomic E-state index is 13.1. The van der Waals surface area contributed by atoms with E-state index in [0.717, 1.165) is 23.3 Å². The largest absolute Gasteiger partial charge is 0.494 e. The number of nitrogens with one attached hydrogen (secondary N) is 1. The molecule has 2 amide bonds. The number of ether oxygens (including phenoxy) is 1. The molecule has 0 aliphatic carbocycles. The molecule has 0 bridgehead atoms. The highest BCUT2D eigenvalue weighted by Crippen LogP contribution is 2.24. The van der Waals surface area contributed by atoms with Crippen molar-refractivity contribution in [2.24, 2.45) is 0 Å². The van der Waals surface area contributed by atoms with Crippen molar-refractivity contribution in [2.75, 3.05) is 6.61 Å². The van der Waals surface area contributed by atoms with E-state index in [1.165, 1.54) is 0 Å². The maximum absolute atomic E-state index is 13.1. The first-order valence-corrected chi connectivity index (χ1v) is 11.7. The second kappa shape index (κ2) is 12.7. The molecule has 2 aromatic rings. The number of hydrogen-bond acceptors (Lipinski definition) is 3. The SMILES string of the molecule is CCC(C)NC(=O)C(C)N(Cc1ccc(Cl)c(Cl)c1)C(=O)CCCOc1ccc(C)cc1. The van der Waals surface area contributed by atoms with Crippen LogP contribution in [0.15, 0.2) is 42.5 Å². The van der Waals surface area contributed by atoms with Gasteiger partial charge in [0.25, 0.3) is 0 Å². The van der Waals surface area contributed by atoms with Crippen molar-refractivity contribution in [2.45, 2.75) is 65.6 Å². The minimum atomic E-state index is -0.621. The zero-order chi connectivity index (χ0) is 23.7. The zero-order valence-electron chi connectivity index (χ0n) is 19.2. The summed E-state index contributed by atoms with van der Waals surface area (Å²) in [5.41, 5.74) is 1.97. The Balaban J connectivity index is 2.04. The van der Waals surface area contributed by atoms with E-state index in [1.54, 1.807) is 24.0 Å². The standard InChI is InChI=1S/C25H32Cl2N2O3/c1-5-18(3)28-25(31)19(4)29(16-20-10-13-22(26)23(27)15-20)24(30)7-6-14-32-21-11-8-17(2)9-12-21/h8-13,15,18-19H,5-7,14,16H2,1-4H3,(H,28,31). The topological polar surface area (TPSA) is 58.6 Å². The first-order valence-electron chi connectivity index (χ1n) is 10.9. The van der Waals surface area contributed by atoms with Crippen LogP contribution in [0.2, 0.25) is 10.0 Å². The Hall–Kier alpha value is -2.24. The Morgan fingerprint density at radius 1 is 1.06 bits per heavy atom. The molecule has 32 heavy (non-hydrogen) atoms. The molecule has 0 saturated carbocycles. The minimum absolute atomic E-state index is 0.0368. The molecule has 0 aliphatic heterocycles. The first-order chi connectivity index (χ1) is 15.2. The van der Waals surface area contributed by atoms with E-state index in [1.807, 2.05) is 51.1 Å². The molecule has 5 nitrogen and oxygen atoms in total. The molecule has 174 valence electrons. The summed E-state index contributed by atoms with van der Waals surface area (Å²) >= 11 is 12.2. The average molecular weight is 479 g/mol. The number of nitrogens with zero attached hydrogens (tertiary/aromatic N) is 1. The second-order valence-electron chi connectivity index (χ2n) is 8.03. The average Bonchev–Trinajstić information content (AvgIpc) is 2.77. The van der Waals surface area contributed by atoms with Crippen molar-refractivity contribution < 1.29 is 14.3 Å². The van der Waals surface area contributed by atoms with Gasteiger partial charge in [-0.2, -0.15) is 0 Å². The molecule has 0 radical (unpaired) electrons. The van der Waals surface area contributed by atoms with E-state index < -0.39 is 6.04 Å². The molecule has 2 atom stereocenters. The fourth-order valence-corrected chi connectivity index (χ4v) is 3.40. The third kappa shape index (κ3) is 8.03. The third-order valence-electron chi connectivity index (χ3n) is 5.33. The van der Waals surface area contributed by atoms with E-state index in [0.29, 0.717) is 23.1 Å². The van der Waals surface area contributed by atoms with Gasteiger partial charge in [-0.1, -0.05) is 53.9 Å². The Labute approximate surface area is 201 Å². The lowest BCUT2D eigenvalue weighted by Gasteiger charge is -2.30. The van der Waals surface area contributed by atoms with E-state index in [4.69, 9.17) is 27.9 Å². The van der Waals surface area contributed by atoms with Gasteiger partial charge < -0.3 is 15.0 Å². The molecule has 2 rings (SSSR count). The van der Waals surface area contributed by atoms with Crippen LogP contribution >= 0.6 is 23.2 Å². The number of carbonyl (C=O) groups is 2. The Morgan fingerprint density at radius 2 is 1.75 bits per heavy atom. The van der Waals surface area contributed by atoms with Crippen LogP contribution in [-0.2, 0) is 16.1 Å². The second-order valence-corrected chi connectivity index (χ2v) is 8.84. The van der Waals surface area contributed by atoms with Crippen molar-refractivity contribution in [1.29, 1.82) is 0 Å². The number of benzene rings is 2. The van der Waals surface area contributed by atoms with Gasteiger partial charge in [0.05, 0.1) is 16.7 Å². The van der Waals surface area contributed by atoms with Gasteiger partial charge in [-0.3, -0.25) is 9.59 Å². The molecular formula is C25H32Cl2N2O3. The monoisotopic (exact) mass is 478 g/mol. The summed E-state index contributed by atoms with van der Waals surface area (Å²) in [7, 11) is 0. The minimum Gasteiger partial charge on any atom is -0.494 e.